The fourth-order valence-electron chi connectivity index (χ4n) is 2.86. The molecule has 1 saturated heterocycles. The first-order valence-corrected chi connectivity index (χ1v) is 7.79. The molecule has 2 atom stereocenters. The van der Waals surface area contributed by atoms with Gasteiger partial charge in [-0.3, -0.25) is 0 Å². The standard InChI is InChI=1S/C15H30N2O/c1-4-18-15-7-9-17(10-8-15)13(3)12(2)11-16-14-5-6-14/h12-16H,4-11H2,1-3H3. The molecule has 2 aliphatic rings. The Hall–Kier alpha value is -0.120. The van der Waals surface area contributed by atoms with Gasteiger partial charge in [0.25, 0.3) is 0 Å². The van der Waals surface area contributed by atoms with E-state index >= 15 is 0 Å². The Balaban J connectivity index is 1.66. The first kappa shape index (κ1) is 14.3. The van der Waals surface area contributed by atoms with Crippen molar-refractivity contribution >= 4 is 0 Å². The molecule has 1 heterocycles. The van der Waals surface area contributed by atoms with Crippen LogP contribution in [0.15, 0.2) is 0 Å². The van der Waals surface area contributed by atoms with E-state index in [9.17, 15) is 0 Å². The number of nitrogens with one attached hydrogen (secondary N) is 1. The van der Waals surface area contributed by atoms with Crippen LogP contribution in [0.2, 0.25) is 0 Å². The molecule has 1 N–H and O–H groups in total. The second kappa shape index (κ2) is 6.88. The molecule has 2 rings (SSSR count). The van der Waals surface area contributed by atoms with Gasteiger partial charge >= 0.3 is 0 Å². The molecule has 2 fully saturated rings. The van der Waals surface area contributed by atoms with E-state index in [1.165, 1.54) is 45.3 Å². The molecule has 0 aromatic rings. The van der Waals surface area contributed by atoms with Gasteiger partial charge in [-0.1, -0.05) is 6.92 Å². The molecule has 18 heavy (non-hydrogen) atoms. The topological polar surface area (TPSA) is 24.5 Å². The van der Waals surface area contributed by atoms with E-state index in [2.05, 4.69) is 31.0 Å². The van der Waals surface area contributed by atoms with Crippen LogP contribution in [0, 0.1) is 5.92 Å². The lowest BCUT2D eigenvalue weighted by Gasteiger charge is -2.38. The highest BCUT2D eigenvalue weighted by Crippen LogP contribution is 2.22. The highest BCUT2D eigenvalue weighted by atomic mass is 16.5. The zero-order valence-electron chi connectivity index (χ0n) is 12.3. The van der Waals surface area contributed by atoms with Crippen LogP contribution in [-0.2, 0) is 4.74 Å². The smallest absolute Gasteiger partial charge is 0.0599 e. The van der Waals surface area contributed by atoms with E-state index in [0.717, 1.165) is 18.6 Å². The van der Waals surface area contributed by atoms with Crippen LogP contribution in [0.25, 0.3) is 0 Å². The summed E-state index contributed by atoms with van der Waals surface area (Å²) in [4.78, 5) is 2.65. The summed E-state index contributed by atoms with van der Waals surface area (Å²) >= 11 is 0. The molecule has 0 aromatic heterocycles. The van der Waals surface area contributed by atoms with Crippen LogP contribution >= 0.6 is 0 Å². The first-order chi connectivity index (χ1) is 8.70. The Kier molecular flexibility index (Phi) is 5.46. The van der Waals surface area contributed by atoms with Crippen molar-refractivity contribution in [3.63, 3.8) is 0 Å². The van der Waals surface area contributed by atoms with Crippen molar-refractivity contribution in [1.29, 1.82) is 0 Å². The minimum Gasteiger partial charge on any atom is -0.378 e. The van der Waals surface area contributed by atoms with Gasteiger partial charge in [0.15, 0.2) is 0 Å². The van der Waals surface area contributed by atoms with Crippen LogP contribution in [0.1, 0.15) is 46.5 Å². The fraction of sp³-hybridized carbons (Fsp3) is 1.00. The molecular weight excluding hydrogens is 224 g/mol. The van der Waals surface area contributed by atoms with Crippen molar-refractivity contribution < 1.29 is 4.74 Å². The molecule has 0 aromatic carbocycles. The van der Waals surface area contributed by atoms with Gasteiger partial charge in [-0.25, -0.2) is 0 Å². The normalized spacial score (nSPS) is 26.2. The molecule has 3 nitrogen and oxygen atoms in total. The maximum atomic E-state index is 5.72. The number of hydrogen-bond acceptors (Lipinski definition) is 3. The quantitative estimate of drug-likeness (QED) is 0.754. The average Bonchev–Trinajstić information content (AvgIpc) is 3.20. The number of hydrogen-bond donors (Lipinski definition) is 1. The molecule has 0 radical (unpaired) electrons. The van der Waals surface area contributed by atoms with Gasteiger partial charge in [-0.2, -0.15) is 0 Å². The number of likely N-dealkylation sites (tertiary alicyclic amines) is 1. The van der Waals surface area contributed by atoms with Gasteiger partial charge in [0.05, 0.1) is 6.10 Å². The van der Waals surface area contributed by atoms with E-state index in [1.807, 2.05) is 0 Å². The van der Waals surface area contributed by atoms with E-state index in [0.29, 0.717) is 12.1 Å². The molecule has 0 bridgehead atoms. The van der Waals surface area contributed by atoms with Gasteiger partial charge < -0.3 is 15.0 Å². The summed E-state index contributed by atoms with van der Waals surface area (Å²) in [6.07, 6.45) is 5.71. The van der Waals surface area contributed by atoms with Crippen LogP contribution in [0.4, 0.5) is 0 Å². The van der Waals surface area contributed by atoms with Crippen LogP contribution in [0.3, 0.4) is 0 Å². The average molecular weight is 254 g/mol. The lowest BCUT2D eigenvalue weighted by molar-refractivity contribution is -0.0000266. The van der Waals surface area contributed by atoms with E-state index in [1.54, 1.807) is 0 Å². The van der Waals surface area contributed by atoms with Crippen molar-refractivity contribution in [1.82, 2.24) is 10.2 Å². The summed E-state index contributed by atoms with van der Waals surface area (Å²) in [7, 11) is 0. The van der Waals surface area contributed by atoms with Crippen molar-refractivity contribution in [3.05, 3.63) is 0 Å². The zero-order valence-corrected chi connectivity index (χ0v) is 12.3. The molecule has 3 heteroatoms. The van der Waals surface area contributed by atoms with E-state index < -0.39 is 0 Å². The van der Waals surface area contributed by atoms with E-state index in [4.69, 9.17) is 4.74 Å². The largest absolute Gasteiger partial charge is 0.378 e. The monoisotopic (exact) mass is 254 g/mol. The second-order valence-electron chi connectivity index (χ2n) is 6.09. The maximum Gasteiger partial charge on any atom is 0.0599 e. The minimum atomic E-state index is 0.512. The Labute approximate surface area is 112 Å². The summed E-state index contributed by atoms with van der Waals surface area (Å²) in [6.45, 7) is 11.3. The number of ether oxygens (including phenoxy) is 1. The predicted octanol–water partition coefficient (Wildman–Crippen LogP) is 2.26. The molecule has 0 spiro atoms. The zero-order chi connectivity index (χ0) is 13.0. The van der Waals surface area contributed by atoms with Gasteiger partial charge in [-0.15, -0.1) is 0 Å². The minimum absolute atomic E-state index is 0.512. The summed E-state index contributed by atoms with van der Waals surface area (Å²) in [6, 6.07) is 1.53. The van der Waals surface area contributed by atoms with Crippen molar-refractivity contribution in [2.24, 2.45) is 5.92 Å². The molecule has 1 aliphatic heterocycles. The highest BCUT2D eigenvalue weighted by Gasteiger charge is 2.27. The van der Waals surface area contributed by atoms with Gasteiger partial charge in [0.2, 0.25) is 0 Å². The first-order valence-electron chi connectivity index (χ1n) is 7.79. The second-order valence-corrected chi connectivity index (χ2v) is 6.09. The third kappa shape index (κ3) is 4.22. The summed E-state index contributed by atoms with van der Waals surface area (Å²) in [5.41, 5.74) is 0. The number of nitrogens with zero attached hydrogens (tertiary/aromatic N) is 1. The van der Waals surface area contributed by atoms with Gasteiger partial charge in [0, 0.05) is 31.8 Å². The SMILES string of the molecule is CCOC1CCN(C(C)C(C)CNC2CC2)CC1. The molecular formula is C15H30N2O. The Morgan fingerprint density at radius 1 is 1.17 bits per heavy atom. The highest BCUT2D eigenvalue weighted by molar-refractivity contribution is 4.84. The van der Waals surface area contributed by atoms with Crippen LogP contribution < -0.4 is 5.32 Å². The maximum absolute atomic E-state index is 5.72. The summed E-state index contributed by atoms with van der Waals surface area (Å²) < 4.78 is 5.72. The number of rotatable bonds is 7. The molecule has 2 unspecified atom stereocenters. The summed E-state index contributed by atoms with van der Waals surface area (Å²) in [5, 5.41) is 3.65. The van der Waals surface area contributed by atoms with Crippen molar-refractivity contribution in [3.8, 4) is 0 Å². The van der Waals surface area contributed by atoms with Gasteiger partial charge in [0.1, 0.15) is 0 Å². The molecule has 0 amide bonds. The van der Waals surface area contributed by atoms with Crippen LogP contribution in [-0.4, -0.2) is 49.3 Å². The van der Waals surface area contributed by atoms with Crippen LogP contribution in [0.5, 0.6) is 0 Å². The van der Waals surface area contributed by atoms with Crippen molar-refractivity contribution in [2.45, 2.75) is 64.6 Å². The lowest BCUT2D eigenvalue weighted by atomic mass is 9.98. The Morgan fingerprint density at radius 2 is 1.83 bits per heavy atom. The molecule has 106 valence electrons. The Bertz CT molecular complexity index is 235. The Morgan fingerprint density at radius 3 is 2.39 bits per heavy atom. The fourth-order valence-corrected chi connectivity index (χ4v) is 2.86. The number of piperidine rings is 1. The summed E-state index contributed by atoms with van der Waals surface area (Å²) in [5.74, 6) is 0.745. The van der Waals surface area contributed by atoms with E-state index in [-0.39, 0.29) is 0 Å². The molecule has 1 saturated carbocycles. The third-order valence-electron chi connectivity index (χ3n) is 4.58. The predicted molar refractivity (Wildman–Crippen MR) is 75.9 cm³/mol. The lowest BCUT2D eigenvalue weighted by Crippen LogP contribution is -2.46. The van der Waals surface area contributed by atoms with Crippen molar-refractivity contribution in [2.75, 3.05) is 26.2 Å². The van der Waals surface area contributed by atoms with Gasteiger partial charge in [-0.05, 0) is 52.0 Å². The molecule has 1 aliphatic carbocycles. The third-order valence-corrected chi connectivity index (χ3v) is 4.58.